The second-order valence-corrected chi connectivity index (χ2v) is 12.7. The Balaban J connectivity index is 2.24. The maximum absolute atomic E-state index is 13.7. The van der Waals surface area contributed by atoms with E-state index in [1.165, 1.54) is 12.0 Å². The van der Waals surface area contributed by atoms with Crippen molar-refractivity contribution < 1.29 is 38.6 Å². The van der Waals surface area contributed by atoms with Gasteiger partial charge in [0.05, 0.1) is 13.2 Å². The lowest BCUT2D eigenvalue weighted by Gasteiger charge is -2.32. The molecular weight excluding hydrogens is 568 g/mol. The molecule has 12 nitrogen and oxygen atoms in total. The van der Waals surface area contributed by atoms with Crippen LogP contribution >= 0.6 is 0 Å². The van der Waals surface area contributed by atoms with Crippen molar-refractivity contribution in [2.45, 2.75) is 110 Å². The van der Waals surface area contributed by atoms with Crippen molar-refractivity contribution in [1.82, 2.24) is 20.9 Å². The first-order valence-corrected chi connectivity index (χ1v) is 15.3. The van der Waals surface area contributed by atoms with Crippen molar-refractivity contribution in [1.29, 1.82) is 0 Å². The second kappa shape index (κ2) is 16.4. The first-order chi connectivity index (χ1) is 20.6. The highest BCUT2D eigenvalue weighted by Gasteiger charge is 2.41. The van der Waals surface area contributed by atoms with Gasteiger partial charge in [0.25, 0.3) is 5.91 Å². The van der Waals surface area contributed by atoms with Crippen molar-refractivity contribution >= 4 is 29.8 Å². The summed E-state index contributed by atoms with van der Waals surface area (Å²) < 4.78 is 10.2. The number of aliphatic hydroxyl groups excluding tert-OH is 1. The molecule has 246 valence electrons. The maximum Gasteiger partial charge on any atom is 0.407 e. The van der Waals surface area contributed by atoms with E-state index in [0.29, 0.717) is 19.3 Å². The Morgan fingerprint density at radius 1 is 1.00 bits per heavy atom. The van der Waals surface area contributed by atoms with Crippen LogP contribution in [0.2, 0.25) is 0 Å². The molecule has 1 aromatic rings. The lowest BCUT2D eigenvalue weighted by Crippen LogP contribution is -2.59. The molecule has 1 heterocycles. The van der Waals surface area contributed by atoms with Crippen LogP contribution in [-0.4, -0.2) is 89.3 Å². The molecule has 4 amide bonds. The number of esters is 1. The predicted molar refractivity (Wildman–Crippen MR) is 164 cm³/mol. The van der Waals surface area contributed by atoms with Gasteiger partial charge in [0, 0.05) is 6.54 Å². The Hall–Kier alpha value is -3.67. The summed E-state index contributed by atoms with van der Waals surface area (Å²) in [6, 6.07) is 5.26. The fourth-order valence-corrected chi connectivity index (χ4v) is 5.03. The number of alkyl carbamates (subject to hydrolysis) is 1. The van der Waals surface area contributed by atoms with Gasteiger partial charge in [-0.25, -0.2) is 9.59 Å². The number of ether oxygens (including phenoxy) is 2. The number of carbonyl (C=O) groups is 5. The van der Waals surface area contributed by atoms with E-state index in [-0.39, 0.29) is 24.8 Å². The van der Waals surface area contributed by atoms with Crippen LogP contribution < -0.4 is 16.0 Å². The van der Waals surface area contributed by atoms with Crippen molar-refractivity contribution in [3.8, 4) is 0 Å². The molecule has 0 saturated carbocycles. The lowest BCUT2D eigenvalue weighted by atomic mass is 9.96. The molecule has 1 aliphatic rings. The van der Waals surface area contributed by atoms with E-state index in [1.54, 1.807) is 34.6 Å². The molecular formula is C32H50N4O8. The van der Waals surface area contributed by atoms with Crippen LogP contribution in [-0.2, 0) is 35.1 Å². The molecule has 0 radical (unpaired) electrons. The maximum atomic E-state index is 13.7. The Morgan fingerprint density at radius 3 is 2.18 bits per heavy atom. The summed E-state index contributed by atoms with van der Waals surface area (Å²) in [5.41, 5.74) is -0.0101. The highest BCUT2D eigenvalue weighted by molar-refractivity contribution is 5.94. The summed E-state index contributed by atoms with van der Waals surface area (Å²) in [7, 11) is 1.24. The standard InChI is InChI=1S/C32H50N4O8/c1-9-20(4)25(28(39)34-24(19(2)3)30(41)43-8)35-27(38)23-16-13-17-36(23)29(40)26(37)22(18-21-14-11-10-12-15-21)33-31(42)44-32(5,6)7/h10-12,14-15,19-20,22-26,37H,9,13,16-18H2,1-8H3,(H,33,42)(H,34,39)(H,35,38)/t20?,22-,23-,24-,25-,26+/m0/s1. The molecule has 1 aromatic carbocycles. The molecule has 0 bridgehead atoms. The zero-order valence-corrected chi connectivity index (χ0v) is 27.2. The summed E-state index contributed by atoms with van der Waals surface area (Å²) in [6.45, 7) is 12.6. The topological polar surface area (TPSA) is 163 Å². The molecule has 0 aliphatic carbocycles. The van der Waals surface area contributed by atoms with Crippen molar-refractivity contribution in [3.05, 3.63) is 35.9 Å². The van der Waals surface area contributed by atoms with Gasteiger partial charge >= 0.3 is 12.1 Å². The van der Waals surface area contributed by atoms with Gasteiger partial charge in [-0.2, -0.15) is 0 Å². The van der Waals surface area contributed by atoms with Gasteiger partial charge in [-0.1, -0.05) is 64.4 Å². The molecule has 44 heavy (non-hydrogen) atoms. The van der Waals surface area contributed by atoms with Gasteiger partial charge in [0.15, 0.2) is 6.10 Å². The molecule has 1 saturated heterocycles. The quantitative estimate of drug-likeness (QED) is 0.245. The van der Waals surface area contributed by atoms with Crippen molar-refractivity contribution in [2.75, 3.05) is 13.7 Å². The number of hydrogen-bond acceptors (Lipinski definition) is 8. The number of benzene rings is 1. The molecule has 0 spiro atoms. The normalized spacial score (nSPS) is 18.4. The number of nitrogens with zero attached hydrogens (tertiary/aromatic N) is 1. The molecule has 1 fully saturated rings. The van der Waals surface area contributed by atoms with E-state index in [2.05, 4.69) is 16.0 Å². The van der Waals surface area contributed by atoms with E-state index >= 15 is 0 Å². The van der Waals surface area contributed by atoms with E-state index < -0.39 is 65.7 Å². The Morgan fingerprint density at radius 2 is 1.64 bits per heavy atom. The van der Waals surface area contributed by atoms with Crippen LogP contribution in [0.15, 0.2) is 30.3 Å². The molecule has 1 aliphatic heterocycles. The number of aliphatic hydroxyl groups is 1. The fourth-order valence-electron chi connectivity index (χ4n) is 5.03. The van der Waals surface area contributed by atoms with Gasteiger partial charge in [-0.3, -0.25) is 14.4 Å². The minimum atomic E-state index is -1.67. The number of amides is 4. The number of rotatable bonds is 13. The summed E-state index contributed by atoms with van der Waals surface area (Å²) >= 11 is 0. The van der Waals surface area contributed by atoms with Crippen LogP contribution in [0.25, 0.3) is 0 Å². The highest BCUT2D eigenvalue weighted by Crippen LogP contribution is 2.22. The van der Waals surface area contributed by atoms with Crippen LogP contribution in [0.5, 0.6) is 0 Å². The van der Waals surface area contributed by atoms with E-state index in [1.807, 2.05) is 44.2 Å². The molecule has 2 rings (SSSR count). The Bertz CT molecular complexity index is 1140. The van der Waals surface area contributed by atoms with Crippen LogP contribution in [0.1, 0.15) is 73.3 Å². The fraction of sp³-hybridized carbons (Fsp3) is 0.656. The average Bonchev–Trinajstić information content (AvgIpc) is 3.46. The number of hydrogen-bond donors (Lipinski definition) is 4. The number of likely N-dealkylation sites (tertiary alicyclic amines) is 1. The number of methoxy groups -OCH3 is 1. The lowest BCUT2D eigenvalue weighted by molar-refractivity contribution is -0.148. The molecule has 4 N–H and O–H groups in total. The largest absolute Gasteiger partial charge is 0.467 e. The number of nitrogens with one attached hydrogen (secondary N) is 3. The zero-order chi connectivity index (χ0) is 33.2. The van der Waals surface area contributed by atoms with Gasteiger partial charge in [0.2, 0.25) is 11.8 Å². The van der Waals surface area contributed by atoms with E-state index in [4.69, 9.17) is 9.47 Å². The summed E-state index contributed by atoms with van der Waals surface area (Å²) in [5, 5.41) is 19.4. The minimum Gasteiger partial charge on any atom is -0.467 e. The van der Waals surface area contributed by atoms with Gasteiger partial charge in [0.1, 0.15) is 23.7 Å². The van der Waals surface area contributed by atoms with Crippen LogP contribution in [0.3, 0.4) is 0 Å². The third-order valence-electron chi connectivity index (χ3n) is 7.69. The third-order valence-corrected chi connectivity index (χ3v) is 7.69. The third kappa shape index (κ3) is 10.5. The van der Waals surface area contributed by atoms with E-state index in [0.717, 1.165) is 5.56 Å². The Labute approximate surface area is 260 Å². The Kier molecular flexibility index (Phi) is 13.6. The summed E-state index contributed by atoms with van der Waals surface area (Å²) in [4.78, 5) is 66.7. The molecule has 1 unspecified atom stereocenters. The van der Waals surface area contributed by atoms with Crippen LogP contribution in [0, 0.1) is 11.8 Å². The zero-order valence-electron chi connectivity index (χ0n) is 27.2. The molecule has 12 heteroatoms. The summed E-state index contributed by atoms with van der Waals surface area (Å²) in [6.07, 6.45) is -0.903. The van der Waals surface area contributed by atoms with E-state index in [9.17, 15) is 29.1 Å². The highest BCUT2D eigenvalue weighted by atomic mass is 16.6. The second-order valence-electron chi connectivity index (χ2n) is 12.7. The van der Waals surface area contributed by atoms with Gasteiger partial charge < -0.3 is 35.4 Å². The number of carbonyl (C=O) groups excluding carboxylic acids is 5. The average molecular weight is 619 g/mol. The molecule has 6 atom stereocenters. The smallest absolute Gasteiger partial charge is 0.407 e. The predicted octanol–water partition coefficient (Wildman–Crippen LogP) is 2.32. The van der Waals surface area contributed by atoms with Crippen molar-refractivity contribution in [2.24, 2.45) is 11.8 Å². The van der Waals surface area contributed by atoms with Gasteiger partial charge in [-0.15, -0.1) is 0 Å². The monoisotopic (exact) mass is 618 g/mol. The minimum absolute atomic E-state index is 0.144. The van der Waals surface area contributed by atoms with Crippen molar-refractivity contribution in [3.63, 3.8) is 0 Å². The summed E-state index contributed by atoms with van der Waals surface area (Å²) in [5.74, 6) is -2.90. The van der Waals surface area contributed by atoms with Gasteiger partial charge in [-0.05, 0) is 57.4 Å². The first-order valence-electron chi connectivity index (χ1n) is 15.3. The molecule has 0 aromatic heterocycles. The SMILES string of the molecule is CCC(C)[C@H](NC(=O)[C@@H]1CCCN1C(=O)[C@H](O)[C@H](Cc1ccccc1)NC(=O)OC(C)(C)C)C(=O)N[C@H](C(=O)OC)C(C)C. The van der Waals surface area contributed by atoms with Crippen LogP contribution in [0.4, 0.5) is 4.79 Å². The first kappa shape index (κ1) is 36.5.